The smallest absolute Gasteiger partial charge is 0.000550 e. The van der Waals surface area contributed by atoms with Gasteiger partial charge in [0, 0.05) is 13.1 Å². The summed E-state index contributed by atoms with van der Waals surface area (Å²) in [5.74, 6) is 0. The maximum atomic E-state index is 3.52. The van der Waals surface area contributed by atoms with Crippen molar-refractivity contribution in [2.45, 2.75) is 40.5 Å². The molecule has 0 aromatic heterocycles. The van der Waals surface area contributed by atoms with Crippen LogP contribution in [0.3, 0.4) is 0 Å². The van der Waals surface area contributed by atoms with Gasteiger partial charge in [-0.25, -0.2) is 0 Å². The Bertz CT molecular complexity index is 140. The molecule has 1 atom stereocenters. The Labute approximate surface area is 70.6 Å². The van der Waals surface area contributed by atoms with Crippen LogP contribution in [0.1, 0.15) is 40.5 Å². The molecule has 0 spiro atoms. The van der Waals surface area contributed by atoms with Gasteiger partial charge in [0.2, 0.25) is 0 Å². The molecule has 0 bridgehead atoms. The van der Waals surface area contributed by atoms with E-state index in [1.165, 1.54) is 25.9 Å². The summed E-state index contributed by atoms with van der Waals surface area (Å²) < 4.78 is 0. The van der Waals surface area contributed by atoms with E-state index in [1.54, 1.807) is 0 Å². The zero-order valence-electron chi connectivity index (χ0n) is 8.33. The van der Waals surface area contributed by atoms with Crippen LogP contribution in [0.25, 0.3) is 0 Å². The highest BCUT2D eigenvalue weighted by Gasteiger charge is 2.34. The van der Waals surface area contributed by atoms with E-state index < -0.39 is 0 Å². The first kappa shape index (κ1) is 9.05. The lowest BCUT2D eigenvalue weighted by atomic mass is 9.70. The minimum absolute atomic E-state index is 0.503. The summed E-state index contributed by atoms with van der Waals surface area (Å²) in [6.07, 6.45) is 2.66. The number of hydrogen-bond acceptors (Lipinski definition) is 1. The molecule has 1 nitrogen and oxygen atoms in total. The van der Waals surface area contributed by atoms with Crippen molar-refractivity contribution < 1.29 is 0 Å². The summed E-state index contributed by atoms with van der Waals surface area (Å²) >= 11 is 0. The standard InChI is InChI=1S/C10H21N/c1-5-10(4)6-9(2,3)7-11-8-10/h11H,5-8H2,1-4H3. The number of rotatable bonds is 1. The van der Waals surface area contributed by atoms with Crippen LogP contribution in [0.2, 0.25) is 0 Å². The number of nitrogens with one attached hydrogen (secondary N) is 1. The second-order valence-electron chi connectivity index (χ2n) is 5.11. The fourth-order valence-corrected chi connectivity index (χ4v) is 2.23. The van der Waals surface area contributed by atoms with Crippen LogP contribution in [0.15, 0.2) is 0 Å². The van der Waals surface area contributed by atoms with Crippen LogP contribution in [0, 0.1) is 10.8 Å². The predicted octanol–water partition coefficient (Wildman–Crippen LogP) is 2.42. The van der Waals surface area contributed by atoms with Crippen LogP contribution in [-0.2, 0) is 0 Å². The molecule has 0 aromatic rings. The molecule has 0 aromatic carbocycles. The molecule has 1 rings (SSSR count). The quantitative estimate of drug-likeness (QED) is 0.613. The topological polar surface area (TPSA) is 12.0 Å². The summed E-state index contributed by atoms with van der Waals surface area (Å²) in [6.45, 7) is 11.8. The monoisotopic (exact) mass is 155 g/mol. The maximum Gasteiger partial charge on any atom is 0.000550 e. The first-order chi connectivity index (χ1) is 4.97. The van der Waals surface area contributed by atoms with Gasteiger partial charge >= 0.3 is 0 Å². The Morgan fingerprint density at radius 1 is 1.18 bits per heavy atom. The molecular weight excluding hydrogens is 134 g/mol. The molecular formula is C10H21N. The summed E-state index contributed by atoms with van der Waals surface area (Å²) in [7, 11) is 0. The molecule has 1 aliphatic rings. The van der Waals surface area contributed by atoms with Gasteiger partial charge in [0.15, 0.2) is 0 Å². The van der Waals surface area contributed by atoms with E-state index in [0.717, 1.165) is 0 Å². The van der Waals surface area contributed by atoms with Crippen LogP contribution in [0.5, 0.6) is 0 Å². The van der Waals surface area contributed by atoms with Crippen molar-refractivity contribution in [3.05, 3.63) is 0 Å². The van der Waals surface area contributed by atoms with E-state index in [2.05, 4.69) is 33.0 Å². The molecule has 0 amide bonds. The van der Waals surface area contributed by atoms with Crippen LogP contribution in [-0.4, -0.2) is 13.1 Å². The minimum atomic E-state index is 0.503. The zero-order valence-corrected chi connectivity index (χ0v) is 8.33. The lowest BCUT2D eigenvalue weighted by molar-refractivity contribution is 0.115. The molecule has 1 aliphatic heterocycles. The molecule has 66 valence electrons. The van der Waals surface area contributed by atoms with Gasteiger partial charge in [0.05, 0.1) is 0 Å². The summed E-state index contributed by atoms with van der Waals surface area (Å²) in [5, 5.41) is 3.52. The minimum Gasteiger partial charge on any atom is -0.316 e. The SMILES string of the molecule is CCC1(C)CNCC(C)(C)C1. The van der Waals surface area contributed by atoms with Crippen molar-refractivity contribution in [1.82, 2.24) is 5.32 Å². The summed E-state index contributed by atoms with van der Waals surface area (Å²) in [6, 6.07) is 0. The normalized spacial score (nSPS) is 37.1. The molecule has 0 saturated carbocycles. The van der Waals surface area contributed by atoms with Crippen molar-refractivity contribution >= 4 is 0 Å². The van der Waals surface area contributed by atoms with E-state index in [4.69, 9.17) is 0 Å². The van der Waals surface area contributed by atoms with Gasteiger partial charge in [-0.15, -0.1) is 0 Å². The Kier molecular flexibility index (Phi) is 2.29. The van der Waals surface area contributed by atoms with Gasteiger partial charge in [-0.05, 0) is 23.7 Å². The molecule has 1 unspecified atom stereocenters. The van der Waals surface area contributed by atoms with Crippen molar-refractivity contribution in [1.29, 1.82) is 0 Å². The highest BCUT2D eigenvalue weighted by molar-refractivity contribution is 4.89. The second-order valence-corrected chi connectivity index (χ2v) is 5.11. The first-order valence-electron chi connectivity index (χ1n) is 4.68. The van der Waals surface area contributed by atoms with Crippen LogP contribution >= 0.6 is 0 Å². The number of piperidine rings is 1. The van der Waals surface area contributed by atoms with Gasteiger partial charge in [-0.1, -0.05) is 27.7 Å². The third kappa shape index (κ3) is 2.19. The maximum absolute atomic E-state index is 3.52. The highest BCUT2D eigenvalue weighted by Crippen LogP contribution is 2.38. The van der Waals surface area contributed by atoms with Crippen molar-refractivity contribution in [2.24, 2.45) is 10.8 Å². The Morgan fingerprint density at radius 3 is 2.18 bits per heavy atom. The fourth-order valence-electron chi connectivity index (χ4n) is 2.23. The van der Waals surface area contributed by atoms with Crippen molar-refractivity contribution in [3.63, 3.8) is 0 Å². The second kappa shape index (κ2) is 2.78. The molecule has 11 heavy (non-hydrogen) atoms. The van der Waals surface area contributed by atoms with Crippen molar-refractivity contribution in [3.8, 4) is 0 Å². The molecule has 0 radical (unpaired) electrons. The molecule has 1 heteroatoms. The lowest BCUT2D eigenvalue weighted by Crippen LogP contribution is -2.46. The Hall–Kier alpha value is -0.0400. The molecule has 0 aliphatic carbocycles. The Balaban J connectivity index is 2.59. The van der Waals surface area contributed by atoms with Crippen LogP contribution < -0.4 is 5.32 Å². The van der Waals surface area contributed by atoms with Crippen LogP contribution in [0.4, 0.5) is 0 Å². The molecule has 1 N–H and O–H groups in total. The van der Waals surface area contributed by atoms with E-state index >= 15 is 0 Å². The average Bonchev–Trinajstić information content (AvgIpc) is 1.85. The number of hydrogen-bond donors (Lipinski definition) is 1. The average molecular weight is 155 g/mol. The van der Waals surface area contributed by atoms with E-state index in [-0.39, 0.29) is 0 Å². The van der Waals surface area contributed by atoms with Crippen molar-refractivity contribution in [2.75, 3.05) is 13.1 Å². The fraction of sp³-hybridized carbons (Fsp3) is 1.00. The zero-order chi connectivity index (χ0) is 8.54. The highest BCUT2D eigenvalue weighted by atomic mass is 14.9. The van der Waals surface area contributed by atoms with E-state index in [9.17, 15) is 0 Å². The molecule has 1 fully saturated rings. The summed E-state index contributed by atoms with van der Waals surface area (Å²) in [4.78, 5) is 0. The largest absolute Gasteiger partial charge is 0.316 e. The van der Waals surface area contributed by atoms with Gasteiger partial charge in [-0.3, -0.25) is 0 Å². The molecule has 1 saturated heterocycles. The van der Waals surface area contributed by atoms with Gasteiger partial charge in [-0.2, -0.15) is 0 Å². The van der Waals surface area contributed by atoms with Gasteiger partial charge in [0.1, 0.15) is 0 Å². The predicted molar refractivity (Wildman–Crippen MR) is 49.7 cm³/mol. The third-order valence-electron chi connectivity index (χ3n) is 2.91. The lowest BCUT2D eigenvalue weighted by Gasteiger charge is -2.42. The summed E-state index contributed by atoms with van der Waals surface area (Å²) in [5.41, 5.74) is 1.05. The van der Waals surface area contributed by atoms with E-state index in [1.807, 2.05) is 0 Å². The Morgan fingerprint density at radius 2 is 1.82 bits per heavy atom. The van der Waals surface area contributed by atoms with E-state index in [0.29, 0.717) is 10.8 Å². The van der Waals surface area contributed by atoms with Gasteiger partial charge in [0.25, 0.3) is 0 Å². The first-order valence-corrected chi connectivity index (χ1v) is 4.68. The van der Waals surface area contributed by atoms with Gasteiger partial charge < -0.3 is 5.32 Å². The third-order valence-corrected chi connectivity index (χ3v) is 2.91. The molecule has 1 heterocycles.